The van der Waals surface area contributed by atoms with Gasteiger partial charge in [0.1, 0.15) is 5.82 Å². The zero-order valence-electron chi connectivity index (χ0n) is 8.20. The molecule has 0 fully saturated rings. The molecule has 0 saturated heterocycles. The number of rotatable bonds is 5. The molecule has 0 aliphatic carbocycles. The van der Waals surface area contributed by atoms with Gasteiger partial charge in [0, 0.05) is 31.9 Å². The van der Waals surface area contributed by atoms with Gasteiger partial charge in [-0.3, -0.25) is 0 Å². The molecule has 1 unspecified atom stereocenters. The lowest BCUT2D eigenvalue weighted by Crippen LogP contribution is -2.26. The first-order valence-corrected chi connectivity index (χ1v) is 4.60. The van der Waals surface area contributed by atoms with Gasteiger partial charge in [0.05, 0.1) is 6.10 Å². The Labute approximate surface area is 78.6 Å². The number of aromatic nitrogens is 2. The average molecular weight is 183 g/mol. The fourth-order valence-corrected chi connectivity index (χ4v) is 1.34. The van der Waals surface area contributed by atoms with Gasteiger partial charge in [-0.2, -0.15) is 0 Å². The summed E-state index contributed by atoms with van der Waals surface area (Å²) in [5.74, 6) is 0.949. The van der Waals surface area contributed by atoms with E-state index in [9.17, 15) is 5.11 Å². The summed E-state index contributed by atoms with van der Waals surface area (Å²) in [6.45, 7) is 3.58. The van der Waals surface area contributed by atoms with Crippen LogP contribution in [0.4, 0.5) is 0 Å². The summed E-state index contributed by atoms with van der Waals surface area (Å²) < 4.78 is 2.04. The lowest BCUT2D eigenvalue weighted by atomic mass is 10.2. The third-order valence-corrected chi connectivity index (χ3v) is 2.00. The summed E-state index contributed by atoms with van der Waals surface area (Å²) >= 11 is 0. The predicted molar refractivity (Wildman–Crippen MR) is 51.5 cm³/mol. The minimum absolute atomic E-state index is 0.349. The van der Waals surface area contributed by atoms with E-state index >= 15 is 0 Å². The van der Waals surface area contributed by atoms with Crippen molar-refractivity contribution in [1.29, 1.82) is 0 Å². The summed E-state index contributed by atoms with van der Waals surface area (Å²) in [6, 6.07) is 0. The van der Waals surface area contributed by atoms with E-state index in [1.54, 1.807) is 6.20 Å². The van der Waals surface area contributed by atoms with Crippen molar-refractivity contribution >= 4 is 0 Å². The third kappa shape index (κ3) is 2.82. The highest BCUT2D eigenvalue weighted by molar-refractivity contribution is 4.94. The summed E-state index contributed by atoms with van der Waals surface area (Å²) in [4.78, 5) is 4.18. The molecule has 0 bridgehead atoms. The van der Waals surface area contributed by atoms with E-state index in [4.69, 9.17) is 0 Å². The van der Waals surface area contributed by atoms with Gasteiger partial charge in [0.25, 0.3) is 0 Å². The van der Waals surface area contributed by atoms with E-state index in [1.165, 1.54) is 0 Å². The fraction of sp³-hybridized carbons (Fsp3) is 0.667. The first-order valence-electron chi connectivity index (χ1n) is 4.60. The van der Waals surface area contributed by atoms with Crippen molar-refractivity contribution in [2.75, 3.05) is 13.6 Å². The van der Waals surface area contributed by atoms with Crippen molar-refractivity contribution in [3.8, 4) is 0 Å². The standard InChI is InChI=1S/C9H17N3O/c1-3-12-5-4-11-9(12)6-8(13)7-10-2/h4-5,8,10,13H,3,6-7H2,1-2H3. The van der Waals surface area contributed by atoms with E-state index < -0.39 is 0 Å². The molecule has 13 heavy (non-hydrogen) atoms. The van der Waals surface area contributed by atoms with E-state index in [1.807, 2.05) is 17.8 Å². The van der Waals surface area contributed by atoms with Gasteiger partial charge in [-0.1, -0.05) is 0 Å². The second-order valence-corrected chi connectivity index (χ2v) is 3.05. The minimum Gasteiger partial charge on any atom is -0.391 e. The first kappa shape index (κ1) is 10.2. The quantitative estimate of drug-likeness (QED) is 0.677. The fourth-order valence-electron chi connectivity index (χ4n) is 1.34. The Morgan fingerprint density at radius 1 is 1.69 bits per heavy atom. The second kappa shape index (κ2) is 4.99. The minimum atomic E-state index is -0.349. The van der Waals surface area contributed by atoms with Crippen molar-refractivity contribution in [2.24, 2.45) is 0 Å². The maximum absolute atomic E-state index is 9.53. The normalized spacial score (nSPS) is 13.2. The molecule has 4 heteroatoms. The van der Waals surface area contributed by atoms with Gasteiger partial charge < -0.3 is 15.0 Å². The van der Waals surface area contributed by atoms with Crippen LogP contribution in [0.2, 0.25) is 0 Å². The van der Waals surface area contributed by atoms with E-state index in [0.717, 1.165) is 12.4 Å². The van der Waals surface area contributed by atoms with Crippen LogP contribution in [0.15, 0.2) is 12.4 Å². The molecule has 0 aliphatic rings. The molecule has 0 radical (unpaired) electrons. The van der Waals surface area contributed by atoms with E-state index in [2.05, 4.69) is 17.2 Å². The van der Waals surface area contributed by atoms with Gasteiger partial charge in [-0.05, 0) is 14.0 Å². The van der Waals surface area contributed by atoms with Crippen LogP contribution in [0, 0.1) is 0 Å². The monoisotopic (exact) mass is 183 g/mol. The zero-order chi connectivity index (χ0) is 9.68. The number of nitrogens with zero attached hydrogens (tertiary/aromatic N) is 2. The maximum Gasteiger partial charge on any atom is 0.111 e. The van der Waals surface area contributed by atoms with Crippen LogP contribution < -0.4 is 5.32 Å². The Morgan fingerprint density at radius 3 is 3.08 bits per heavy atom. The molecule has 0 aromatic carbocycles. The average Bonchev–Trinajstić information content (AvgIpc) is 2.52. The molecule has 0 aliphatic heterocycles. The smallest absolute Gasteiger partial charge is 0.111 e. The van der Waals surface area contributed by atoms with Gasteiger partial charge in [-0.15, -0.1) is 0 Å². The highest BCUT2D eigenvalue weighted by Gasteiger charge is 2.08. The molecule has 1 aromatic heterocycles. The Morgan fingerprint density at radius 2 is 2.46 bits per heavy atom. The number of hydrogen-bond donors (Lipinski definition) is 2. The predicted octanol–water partition coefficient (Wildman–Crippen LogP) is 0.0258. The highest BCUT2D eigenvalue weighted by atomic mass is 16.3. The lowest BCUT2D eigenvalue weighted by Gasteiger charge is -2.10. The topological polar surface area (TPSA) is 50.1 Å². The van der Waals surface area contributed by atoms with Crippen molar-refractivity contribution in [2.45, 2.75) is 26.0 Å². The molecular weight excluding hydrogens is 166 g/mol. The van der Waals surface area contributed by atoms with Crippen molar-refractivity contribution in [1.82, 2.24) is 14.9 Å². The number of hydrogen-bond acceptors (Lipinski definition) is 3. The first-order chi connectivity index (χ1) is 6.27. The molecule has 2 N–H and O–H groups in total. The van der Waals surface area contributed by atoms with Crippen LogP contribution in [0.3, 0.4) is 0 Å². The number of aliphatic hydroxyl groups is 1. The number of nitrogens with one attached hydrogen (secondary N) is 1. The van der Waals surface area contributed by atoms with Crippen molar-refractivity contribution in [3.05, 3.63) is 18.2 Å². The van der Waals surface area contributed by atoms with Crippen molar-refractivity contribution < 1.29 is 5.11 Å². The molecule has 0 spiro atoms. The van der Waals surface area contributed by atoms with Crippen LogP contribution in [-0.4, -0.2) is 34.4 Å². The van der Waals surface area contributed by atoms with Crippen molar-refractivity contribution in [3.63, 3.8) is 0 Å². The lowest BCUT2D eigenvalue weighted by molar-refractivity contribution is 0.171. The largest absolute Gasteiger partial charge is 0.391 e. The number of aliphatic hydroxyl groups excluding tert-OH is 1. The summed E-state index contributed by atoms with van der Waals surface area (Å²) in [5, 5.41) is 12.5. The SMILES string of the molecule is CCn1ccnc1CC(O)CNC. The molecule has 1 aromatic rings. The molecule has 0 amide bonds. The van der Waals surface area contributed by atoms with Crippen LogP contribution in [0.25, 0.3) is 0 Å². The maximum atomic E-state index is 9.53. The van der Waals surface area contributed by atoms with Crippen LogP contribution in [0.1, 0.15) is 12.7 Å². The second-order valence-electron chi connectivity index (χ2n) is 3.05. The van der Waals surface area contributed by atoms with E-state index in [-0.39, 0.29) is 6.10 Å². The Kier molecular flexibility index (Phi) is 3.92. The Bertz CT molecular complexity index is 247. The van der Waals surface area contributed by atoms with Crippen LogP contribution in [0.5, 0.6) is 0 Å². The number of imidazole rings is 1. The molecule has 0 saturated carbocycles. The third-order valence-electron chi connectivity index (χ3n) is 2.00. The molecule has 4 nitrogen and oxygen atoms in total. The molecule has 1 heterocycles. The van der Waals surface area contributed by atoms with Crippen LogP contribution >= 0.6 is 0 Å². The molecule has 74 valence electrons. The number of likely N-dealkylation sites (N-methyl/N-ethyl adjacent to an activating group) is 1. The summed E-state index contributed by atoms with van der Waals surface area (Å²) in [5.41, 5.74) is 0. The summed E-state index contributed by atoms with van der Waals surface area (Å²) in [6.07, 6.45) is 3.96. The molecule has 1 atom stereocenters. The Balaban J connectivity index is 2.52. The molecule has 1 rings (SSSR count). The van der Waals surface area contributed by atoms with Gasteiger partial charge >= 0.3 is 0 Å². The van der Waals surface area contributed by atoms with Gasteiger partial charge in [0.2, 0.25) is 0 Å². The van der Waals surface area contributed by atoms with E-state index in [0.29, 0.717) is 13.0 Å². The van der Waals surface area contributed by atoms with Crippen LogP contribution in [-0.2, 0) is 13.0 Å². The molecular formula is C9H17N3O. The van der Waals surface area contributed by atoms with Gasteiger partial charge in [0.15, 0.2) is 0 Å². The number of aryl methyl sites for hydroxylation is 1. The zero-order valence-corrected chi connectivity index (χ0v) is 8.20. The van der Waals surface area contributed by atoms with Gasteiger partial charge in [-0.25, -0.2) is 4.98 Å². The Hall–Kier alpha value is -0.870. The highest BCUT2D eigenvalue weighted by Crippen LogP contribution is 2.01. The summed E-state index contributed by atoms with van der Waals surface area (Å²) in [7, 11) is 1.83.